The summed E-state index contributed by atoms with van der Waals surface area (Å²) in [4.78, 5) is 12.5. The molecule has 1 fully saturated rings. The highest BCUT2D eigenvalue weighted by molar-refractivity contribution is 7.81. The van der Waals surface area contributed by atoms with E-state index in [0.717, 1.165) is 38.8 Å². The van der Waals surface area contributed by atoms with Crippen molar-refractivity contribution in [2.75, 3.05) is 13.1 Å². The van der Waals surface area contributed by atoms with Crippen molar-refractivity contribution in [3.05, 3.63) is 0 Å². The Labute approximate surface area is 135 Å². The van der Waals surface area contributed by atoms with Gasteiger partial charge in [0.15, 0.2) is 0 Å². The molecule has 0 aliphatic carbocycles. The molecule has 124 valence electrons. The third-order valence-electron chi connectivity index (χ3n) is 4.39. The van der Waals surface area contributed by atoms with Crippen molar-refractivity contribution >= 4 is 18.5 Å². The first-order chi connectivity index (χ1) is 9.97. The van der Waals surface area contributed by atoms with Crippen LogP contribution in [0.4, 0.5) is 0 Å². The molecule has 1 aliphatic heterocycles. The van der Waals surface area contributed by atoms with Gasteiger partial charge in [0.25, 0.3) is 0 Å². The molecule has 0 bridgehead atoms. The maximum absolute atomic E-state index is 12.5. The predicted octanol–water partition coefficient (Wildman–Crippen LogP) is 1.96. The molecule has 1 unspecified atom stereocenters. The number of nitrogens with one attached hydrogen (secondary N) is 3. The van der Waals surface area contributed by atoms with E-state index in [2.05, 4.69) is 56.3 Å². The summed E-state index contributed by atoms with van der Waals surface area (Å²) >= 11 is 4.49. The van der Waals surface area contributed by atoms with Crippen molar-refractivity contribution in [2.24, 2.45) is 5.92 Å². The average molecular weight is 316 g/mol. The van der Waals surface area contributed by atoms with Gasteiger partial charge in [0.1, 0.15) is 0 Å². The van der Waals surface area contributed by atoms with Gasteiger partial charge in [0, 0.05) is 30.4 Å². The van der Waals surface area contributed by atoms with E-state index in [4.69, 9.17) is 0 Å². The Morgan fingerprint density at radius 1 is 1.38 bits per heavy atom. The molecule has 0 aromatic heterocycles. The second kappa shape index (κ2) is 9.70. The molecule has 0 radical (unpaired) electrons. The van der Waals surface area contributed by atoms with Crippen LogP contribution in [0.3, 0.4) is 0 Å². The second-order valence-electron chi connectivity index (χ2n) is 6.46. The molecule has 5 atom stereocenters. The van der Waals surface area contributed by atoms with Crippen molar-refractivity contribution in [1.29, 1.82) is 0 Å². The minimum absolute atomic E-state index is 0.102. The van der Waals surface area contributed by atoms with Gasteiger partial charge in [-0.3, -0.25) is 4.79 Å². The van der Waals surface area contributed by atoms with Gasteiger partial charge in [-0.2, -0.15) is 12.6 Å². The molecular weight excluding hydrogens is 282 g/mol. The molecule has 1 saturated heterocycles. The molecule has 0 aromatic rings. The molecular formula is C16H33N3OS. The van der Waals surface area contributed by atoms with E-state index in [1.165, 1.54) is 0 Å². The largest absolute Gasteiger partial charge is 0.352 e. The zero-order valence-electron chi connectivity index (χ0n) is 14.0. The first-order valence-electron chi connectivity index (χ1n) is 8.43. The highest BCUT2D eigenvalue weighted by Gasteiger charge is 2.27. The topological polar surface area (TPSA) is 53.2 Å². The number of thiol groups is 1. The Morgan fingerprint density at radius 2 is 2.10 bits per heavy atom. The maximum Gasteiger partial charge on any atom is 0.237 e. The predicted molar refractivity (Wildman–Crippen MR) is 92.9 cm³/mol. The van der Waals surface area contributed by atoms with Gasteiger partial charge in [0.2, 0.25) is 5.91 Å². The van der Waals surface area contributed by atoms with E-state index in [1.807, 2.05) is 0 Å². The van der Waals surface area contributed by atoms with E-state index in [1.54, 1.807) is 0 Å². The highest BCUT2D eigenvalue weighted by atomic mass is 32.1. The van der Waals surface area contributed by atoms with Gasteiger partial charge in [-0.25, -0.2) is 0 Å². The fraction of sp³-hybridized carbons (Fsp3) is 0.938. The van der Waals surface area contributed by atoms with E-state index in [9.17, 15) is 4.79 Å². The summed E-state index contributed by atoms with van der Waals surface area (Å²) in [5.41, 5.74) is 0. The lowest BCUT2D eigenvalue weighted by Crippen LogP contribution is -2.52. The van der Waals surface area contributed by atoms with Crippen LogP contribution in [0.5, 0.6) is 0 Å². The first-order valence-corrected chi connectivity index (χ1v) is 8.94. The molecule has 4 nitrogen and oxygen atoms in total. The second-order valence-corrected chi connectivity index (χ2v) is 7.19. The van der Waals surface area contributed by atoms with Gasteiger partial charge >= 0.3 is 0 Å². The Hall–Kier alpha value is -0.260. The number of hydrogen-bond donors (Lipinski definition) is 4. The van der Waals surface area contributed by atoms with Gasteiger partial charge in [0.05, 0.1) is 6.04 Å². The van der Waals surface area contributed by atoms with Crippen LogP contribution in [0.15, 0.2) is 0 Å². The number of amides is 1. The highest BCUT2D eigenvalue weighted by Crippen LogP contribution is 2.13. The van der Waals surface area contributed by atoms with E-state index in [0.29, 0.717) is 17.2 Å². The van der Waals surface area contributed by atoms with E-state index in [-0.39, 0.29) is 18.0 Å². The molecule has 1 aliphatic rings. The lowest BCUT2D eigenvalue weighted by Gasteiger charge is -2.26. The smallest absolute Gasteiger partial charge is 0.237 e. The lowest BCUT2D eigenvalue weighted by molar-refractivity contribution is -0.125. The number of hydrogen-bond acceptors (Lipinski definition) is 4. The molecule has 1 amide bonds. The lowest BCUT2D eigenvalue weighted by atomic mass is 9.97. The molecule has 1 rings (SSSR count). The molecule has 0 spiro atoms. The fourth-order valence-electron chi connectivity index (χ4n) is 2.85. The van der Waals surface area contributed by atoms with Gasteiger partial charge in [-0.1, -0.05) is 33.6 Å². The molecule has 1 heterocycles. The van der Waals surface area contributed by atoms with E-state index >= 15 is 0 Å². The number of carbonyl (C=O) groups is 1. The van der Waals surface area contributed by atoms with Crippen LogP contribution in [-0.2, 0) is 4.79 Å². The van der Waals surface area contributed by atoms with E-state index < -0.39 is 0 Å². The minimum atomic E-state index is -0.102. The summed E-state index contributed by atoms with van der Waals surface area (Å²) in [6.07, 6.45) is 4.19. The third-order valence-corrected chi connectivity index (χ3v) is 4.78. The summed E-state index contributed by atoms with van der Waals surface area (Å²) in [6.45, 7) is 10.3. The average Bonchev–Trinajstić information content (AvgIpc) is 2.84. The molecule has 0 aromatic carbocycles. The molecule has 0 saturated carbocycles. The van der Waals surface area contributed by atoms with Crippen molar-refractivity contribution in [2.45, 2.75) is 76.8 Å². The quantitative estimate of drug-likeness (QED) is 0.492. The van der Waals surface area contributed by atoms with Crippen molar-refractivity contribution < 1.29 is 4.79 Å². The molecule has 21 heavy (non-hydrogen) atoms. The van der Waals surface area contributed by atoms with Crippen LogP contribution < -0.4 is 16.0 Å². The van der Waals surface area contributed by atoms with Gasteiger partial charge in [-0.15, -0.1) is 0 Å². The minimum Gasteiger partial charge on any atom is -0.352 e. The normalized spacial score (nSPS) is 26.3. The van der Waals surface area contributed by atoms with Crippen molar-refractivity contribution in [1.82, 2.24) is 16.0 Å². The summed E-state index contributed by atoms with van der Waals surface area (Å²) in [5, 5.41) is 10.5. The van der Waals surface area contributed by atoms with Crippen LogP contribution in [0, 0.1) is 5.92 Å². The van der Waals surface area contributed by atoms with Crippen molar-refractivity contribution in [3.63, 3.8) is 0 Å². The summed E-state index contributed by atoms with van der Waals surface area (Å²) < 4.78 is 0. The summed E-state index contributed by atoms with van der Waals surface area (Å²) in [7, 11) is 0. The standard InChI is InChI=1S/C16H33N3OS/c1-5-7-12(4)19-16(20)15(11(3)6-2)18-9-13-8-14(21)10-17-13/h11-15,17-18,21H,5-10H2,1-4H3,(H,19,20)/t11-,12?,13+,14+,15-/m0/s1. The SMILES string of the molecule is CCCC(C)NC(=O)[C@@H](NC[C@H]1C[C@@H](S)CN1)[C@@H](C)CC. The van der Waals surface area contributed by atoms with Crippen LogP contribution in [0.25, 0.3) is 0 Å². The molecule has 3 N–H and O–H groups in total. The van der Waals surface area contributed by atoms with Crippen LogP contribution in [0.2, 0.25) is 0 Å². The Balaban J connectivity index is 2.48. The number of rotatable bonds is 9. The monoisotopic (exact) mass is 315 g/mol. The zero-order valence-corrected chi connectivity index (χ0v) is 14.9. The first kappa shape index (κ1) is 18.8. The van der Waals surface area contributed by atoms with Gasteiger partial charge in [-0.05, 0) is 25.7 Å². The van der Waals surface area contributed by atoms with Crippen molar-refractivity contribution in [3.8, 4) is 0 Å². The number of carbonyl (C=O) groups excluding carboxylic acids is 1. The van der Waals surface area contributed by atoms with Crippen LogP contribution in [0.1, 0.15) is 53.4 Å². The Morgan fingerprint density at radius 3 is 2.62 bits per heavy atom. The van der Waals surface area contributed by atoms with Gasteiger partial charge < -0.3 is 16.0 Å². The van der Waals surface area contributed by atoms with Crippen LogP contribution in [-0.4, -0.2) is 42.4 Å². The zero-order chi connectivity index (χ0) is 15.8. The third kappa shape index (κ3) is 6.57. The maximum atomic E-state index is 12.5. The van der Waals surface area contributed by atoms with Crippen LogP contribution >= 0.6 is 12.6 Å². The molecule has 5 heteroatoms. The Kier molecular flexibility index (Phi) is 8.67. The fourth-order valence-corrected chi connectivity index (χ4v) is 3.21. The summed E-state index contributed by atoms with van der Waals surface area (Å²) in [5.74, 6) is 0.484. The Bertz CT molecular complexity index is 314. The summed E-state index contributed by atoms with van der Waals surface area (Å²) in [6, 6.07) is 0.581.